The zero-order valence-electron chi connectivity index (χ0n) is 10.5. The van der Waals surface area contributed by atoms with Gasteiger partial charge in [0, 0.05) is 0 Å². The first-order valence-corrected chi connectivity index (χ1v) is 6.28. The molecular weight excluding hydrogens is 306 g/mol. The molecule has 0 saturated carbocycles. The van der Waals surface area contributed by atoms with Crippen molar-refractivity contribution in [2.45, 2.75) is 24.5 Å². The molecule has 0 amide bonds. The Morgan fingerprint density at radius 2 is 2.14 bits per heavy atom. The Hall–Kier alpha value is -1.72. The van der Waals surface area contributed by atoms with Gasteiger partial charge in [-0.15, -0.1) is 0 Å². The normalized spacial score (nSPS) is 29.1. The van der Waals surface area contributed by atoms with Gasteiger partial charge in [-0.3, -0.25) is 4.57 Å². The van der Waals surface area contributed by atoms with Crippen LogP contribution < -0.4 is 10.0 Å². The maximum absolute atomic E-state index is 10.0. The Morgan fingerprint density at radius 3 is 2.76 bits per heavy atom. The van der Waals surface area contributed by atoms with E-state index in [0.717, 1.165) is 0 Å². The number of rotatable bonds is 3. The molecule has 11 heteroatoms. The van der Waals surface area contributed by atoms with E-state index in [-0.39, 0.29) is 23.0 Å². The van der Waals surface area contributed by atoms with Gasteiger partial charge < -0.3 is 30.1 Å². The largest absolute Gasteiger partial charge is 0.394 e. The summed E-state index contributed by atoms with van der Waals surface area (Å²) < 4.78 is 11.2. The molecule has 3 heterocycles. The van der Waals surface area contributed by atoms with Crippen LogP contribution in [0.4, 0.5) is 5.82 Å². The fourth-order valence-corrected chi connectivity index (χ4v) is 2.32. The molecule has 5 N–H and O–H groups in total. The lowest BCUT2D eigenvalue weighted by Crippen LogP contribution is -2.33. The first kappa shape index (κ1) is 14.2. The molecule has 114 valence electrons. The van der Waals surface area contributed by atoms with Crippen molar-refractivity contribution in [2.75, 3.05) is 12.3 Å². The lowest BCUT2D eigenvalue weighted by Gasteiger charge is -2.16. The minimum absolute atomic E-state index is 0.0427. The Labute approximate surface area is 122 Å². The van der Waals surface area contributed by atoms with Crippen molar-refractivity contribution in [3.63, 3.8) is 0 Å². The summed E-state index contributed by atoms with van der Waals surface area (Å²) in [4.78, 5) is 11.8. The van der Waals surface area contributed by atoms with Gasteiger partial charge >= 0.3 is 6.01 Å². The van der Waals surface area contributed by atoms with Gasteiger partial charge in [0.2, 0.25) is 0 Å². The van der Waals surface area contributed by atoms with Gasteiger partial charge in [0.15, 0.2) is 23.2 Å². The number of ether oxygens (including phenoxy) is 1. The summed E-state index contributed by atoms with van der Waals surface area (Å²) in [7, 11) is 0. The van der Waals surface area contributed by atoms with E-state index >= 15 is 0 Å². The van der Waals surface area contributed by atoms with Crippen molar-refractivity contribution in [3.8, 4) is 6.01 Å². The Kier molecular flexibility index (Phi) is 3.55. The molecule has 2 aromatic heterocycles. The van der Waals surface area contributed by atoms with Crippen LogP contribution in [0.5, 0.6) is 6.01 Å². The van der Waals surface area contributed by atoms with E-state index in [4.69, 9.17) is 27.4 Å². The number of nitrogens with two attached hydrogens (primary N) is 1. The molecule has 1 saturated heterocycles. The number of nitrogen functional groups attached to an aromatic ring is 1. The first-order chi connectivity index (χ1) is 10.1. The number of imidazole rings is 1. The monoisotopic (exact) mass is 317 g/mol. The second-order valence-electron chi connectivity index (χ2n) is 4.52. The number of aromatic nitrogens is 4. The third-order valence-corrected chi connectivity index (χ3v) is 3.43. The molecule has 1 fully saturated rings. The highest BCUT2D eigenvalue weighted by Crippen LogP contribution is 2.32. The average Bonchev–Trinajstić information content (AvgIpc) is 3.02. The van der Waals surface area contributed by atoms with Gasteiger partial charge in [-0.2, -0.15) is 9.97 Å². The molecule has 0 spiro atoms. The van der Waals surface area contributed by atoms with Crippen LogP contribution in [0.2, 0.25) is 0 Å². The summed E-state index contributed by atoms with van der Waals surface area (Å²) in [5.41, 5.74) is 6.19. The lowest BCUT2D eigenvalue weighted by atomic mass is 10.1. The molecule has 4 atom stereocenters. The average molecular weight is 318 g/mol. The minimum atomic E-state index is -1.27. The highest BCUT2D eigenvalue weighted by Gasteiger charge is 2.44. The zero-order valence-corrected chi connectivity index (χ0v) is 11.3. The number of hydrogen-bond acceptors (Lipinski definition) is 9. The molecule has 0 unspecified atom stereocenters. The van der Waals surface area contributed by atoms with Gasteiger partial charge in [0.05, 0.1) is 12.9 Å². The summed E-state index contributed by atoms with van der Waals surface area (Å²) in [6.45, 7) is -0.436. The van der Waals surface area contributed by atoms with Crippen LogP contribution in [0.3, 0.4) is 0 Å². The fraction of sp³-hybridized carbons (Fsp3) is 0.500. The van der Waals surface area contributed by atoms with E-state index in [0.29, 0.717) is 0 Å². The second-order valence-corrected chi connectivity index (χ2v) is 4.68. The van der Waals surface area contributed by atoms with E-state index in [1.54, 1.807) is 0 Å². The van der Waals surface area contributed by atoms with Crippen molar-refractivity contribution in [2.24, 2.45) is 0 Å². The van der Waals surface area contributed by atoms with E-state index in [1.165, 1.54) is 10.9 Å². The summed E-state index contributed by atoms with van der Waals surface area (Å²) in [6, 6.07) is -0.185. The number of aliphatic hydroxyl groups is 3. The molecule has 21 heavy (non-hydrogen) atoms. The van der Waals surface area contributed by atoms with Crippen LogP contribution in [0, 0.1) is 0 Å². The molecule has 1 aliphatic heterocycles. The van der Waals surface area contributed by atoms with Gasteiger partial charge in [-0.25, -0.2) is 4.98 Å². The molecule has 0 radical (unpaired) electrons. The van der Waals surface area contributed by atoms with E-state index < -0.39 is 31.1 Å². The quantitative estimate of drug-likeness (QED) is 0.533. The second kappa shape index (κ2) is 5.24. The standard InChI is InChI=1S/C10H12ClN5O5/c11-21-10-14-7(12)4-8(15-10)16(2-13-4)9-6(19)5(18)3(1-17)20-9/h2-3,5-6,9,17-19H,1H2,(H2,12,14,15)/t3-,5-,6-,9-/m1/s1. The van der Waals surface area contributed by atoms with Crippen molar-refractivity contribution in [1.82, 2.24) is 19.5 Å². The minimum Gasteiger partial charge on any atom is -0.394 e. The third-order valence-electron chi connectivity index (χ3n) is 3.29. The highest BCUT2D eigenvalue weighted by atomic mass is 35.5. The van der Waals surface area contributed by atoms with Gasteiger partial charge in [-0.05, 0) is 0 Å². The first-order valence-electron chi connectivity index (χ1n) is 5.98. The summed E-state index contributed by atoms with van der Waals surface area (Å²) >= 11 is 5.21. The number of nitrogens with zero attached hydrogens (tertiary/aromatic N) is 4. The number of anilines is 1. The van der Waals surface area contributed by atoms with Crippen molar-refractivity contribution >= 4 is 28.8 Å². The summed E-state index contributed by atoms with van der Waals surface area (Å²) in [6.07, 6.45) is -3.07. The molecule has 0 aliphatic carbocycles. The van der Waals surface area contributed by atoms with Gasteiger partial charge in [0.25, 0.3) is 0 Å². The Morgan fingerprint density at radius 1 is 1.38 bits per heavy atom. The Bertz CT molecular complexity index is 667. The predicted octanol–water partition coefficient (Wildman–Crippen LogP) is -1.45. The lowest BCUT2D eigenvalue weighted by molar-refractivity contribution is -0.0511. The fourth-order valence-electron chi connectivity index (χ4n) is 2.25. The molecule has 1 aliphatic rings. The molecule has 2 aromatic rings. The van der Waals surface area contributed by atoms with Crippen LogP contribution in [-0.4, -0.2) is 59.8 Å². The van der Waals surface area contributed by atoms with E-state index in [1.807, 2.05) is 0 Å². The number of halogens is 1. The maximum Gasteiger partial charge on any atom is 0.339 e. The number of aliphatic hydroxyl groups excluding tert-OH is 3. The van der Waals surface area contributed by atoms with Crippen LogP contribution in [0.25, 0.3) is 11.2 Å². The SMILES string of the molecule is Nc1nc(OCl)nc2c1ncn2[C@@H]1O[C@H](CO)[C@@H](O)[C@H]1O. The number of hydrogen-bond donors (Lipinski definition) is 4. The van der Waals surface area contributed by atoms with Crippen LogP contribution in [-0.2, 0) is 4.74 Å². The van der Waals surface area contributed by atoms with Crippen LogP contribution in [0.15, 0.2) is 6.33 Å². The topological polar surface area (TPSA) is 149 Å². The van der Waals surface area contributed by atoms with Crippen molar-refractivity contribution in [3.05, 3.63) is 6.33 Å². The predicted molar refractivity (Wildman–Crippen MR) is 69.2 cm³/mol. The van der Waals surface area contributed by atoms with E-state index in [2.05, 4.69) is 19.2 Å². The van der Waals surface area contributed by atoms with Crippen molar-refractivity contribution < 1.29 is 24.3 Å². The van der Waals surface area contributed by atoms with Crippen LogP contribution in [0.1, 0.15) is 6.23 Å². The third kappa shape index (κ3) is 2.17. The Balaban J connectivity index is 2.07. The van der Waals surface area contributed by atoms with Crippen LogP contribution >= 0.6 is 11.9 Å². The maximum atomic E-state index is 10.0. The molecule has 3 rings (SSSR count). The van der Waals surface area contributed by atoms with E-state index in [9.17, 15) is 10.2 Å². The van der Waals surface area contributed by atoms with Gasteiger partial charge in [-0.1, -0.05) is 0 Å². The zero-order chi connectivity index (χ0) is 15.1. The highest BCUT2D eigenvalue weighted by molar-refractivity contribution is 6.08. The molecule has 10 nitrogen and oxygen atoms in total. The summed E-state index contributed by atoms with van der Waals surface area (Å²) in [5.74, 6) is 0.0427. The summed E-state index contributed by atoms with van der Waals surface area (Å²) in [5, 5.41) is 28.9. The molecule has 0 bridgehead atoms. The molecule has 0 aromatic carbocycles. The smallest absolute Gasteiger partial charge is 0.339 e. The number of fused-ring (bicyclic) bond motifs is 1. The van der Waals surface area contributed by atoms with Gasteiger partial charge in [0.1, 0.15) is 30.2 Å². The molecular formula is C10H12ClN5O5. The van der Waals surface area contributed by atoms with Crippen molar-refractivity contribution in [1.29, 1.82) is 0 Å².